The van der Waals surface area contributed by atoms with Crippen LogP contribution >= 0.6 is 0 Å². The van der Waals surface area contributed by atoms with E-state index in [1.54, 1.807) is 0 Å². The van der Waals surface area contributed by atoms with Gasteiger partial charge in [-0.2, -0.15) is 0 Å². The normalized spacial score (nSPS) is 15.9. The lowest BCUT2D eigenvalue weighted by Crippen LogP contribution is -2.36. The third kappa shape index (κ3) is 10.4. The van der Waals surface area contributed by atoms with Crippen molar-refractivity contribution in [2.45, 2.75) is 52.6 Å². The Balaban J connectivity index is -0.000000256. The van der Waals surface area contributed by atoms with Crippen molar-refractivity contribution in [1.29, 1.82) is 0 Å². The van der Waals surface area contributed by atoms with Crippen LogP contribution < -0.4 is 11.5 Å². The molecule has 116 valence electrons. The molecule has 0 saturated heterocycles. The molecular formula is C12H28N2O5. The minimum Gasteiger partial charge on any atom is -0.480 e. The summed E-state index contributed by atoms with van der Waals surface area (Å²) >= 11 is 0. The topological polar surface area (TPSA) is 158 Å². The molecule has 19 heavy (non-hydrogen) atoms. The van der Waals surface area contributed by atoms with Gasteiger partial charge >= 0.3 is 11.9 Å². The van der Waals surface area contributed by atoms with Crippen molar-refractivity contribution in [3.63, 3.8) is 0 Å². The van der Waals surface area contributed by atoms with E-state index in [4.69, 9.17) is 21.7 Å². The summed E-state index contributed by atoms with van der Waals surface area (Å²) < 4.78 is 0. The molecule has 0 rings (SSSR count). The largest absolute Gasteiger partial charge is 0.480 e. The molecule has 0 radical (unpaired) electrons. The summed E-state index contributed by atoms with van der Waals surface area (Å²) in [6.45, 7) is 7.51. The number of hydrogen-bond acceptors (Lipinski definition) is 4. The molecule has 4 atom stereocenters. The lowest BCUT2D eigenvalue weighted by Gasteiger charge is -2.11. The van der Waals surface area contributed by atoms with Crippen LogP contribution in [0.5, 0.6) is 0 Å². The Morgan fingerprint density at radius 1 is 0.895 bits per heavy atom. The van der Waals surface area contributed by atoms with Crippen molar-refractivity contribution in [2.75, 3.05) is 0 Å². The van der Waals surface area contributed by atoms with Crippen molar-refractivity contribution in [2.24, 2.45) is 23.3 Å². The summed E-state index contributed by atoms with van der Waals surface area (Å²) in [6, 6.07) is -1.40. The van der Waals surface area contributed by atoms with Crippen molar-refractivity contribution in [1.82, 2.24) is 0 Å². The van der Waals surface area contributed by atoms with E-state index in [0.717, 1.165) is 12.8 Å². The molecule has 7 heteroatoms. The van der Waals surface area contributed by atoms with E-state index in [2.05, 4.69) is 0 Å². The zero-order valence-corrected chi connectivity index (χ0v) is 12.1. The highest BCUT2D eigenvalue weighted by Crippen LogP contribution is 2.04. The summed E-state index contributed by atoms with van der Waals surface area (Å²) in [7, 11) is 0. The molecule has 0 saturated carbocycles. The fourth-order valence-corrected chi connectivity index (χ4v) is 0.995. The third-order valence-electron chi connectivity index (χ3n) is 3.08. The molecule has 8 N–H and O–H groups in total. The van der Waals surface area contributed by atoms with Crippen LogP contribution in [0.3, 0.4) is 0 Å². The van der Waals surface area contributed by atoms with Gasteiger partial charge in [0, 0.05) is 0 Å². The van der Waals surface area contributed by atoms with Crippen LogP contribution in [0.4, 0.5) is 0 Å². The smallest absolute Gasteiger partial charge is 0.320 e. The van der Waals surface area contributed by atoms with E-state index < -0.39 is 24.0 Å². The number of nitrogens with two attached hydrogens (primary N) is 2. The van der Waals surface area contributed by atoms with Gasteiger partial charge in [-0.1, -0.05) is 40.5 Å². The fourth-order valence-electron chi connectivity index (χ4n) is 0.995. The highest BCUT2D eigenvalue weighted by atomic mass is 16.4. The SMILES string of the molecule is CCC(C)C(N)C(=O)O.CCC(C)C(N)C(=O)O.O. The Bertz CT molecular complexity index is 235. The van der Waals surface area contributed by atoms with Gasteiger partial charge in [-0.15, -0.1) is 0 Å². The molecule has 0 aliphatic carbocycles. The van der Waals surface area contributed by atoms with Gasteiger partial charge in [-0.05, 0) is 11.8 Å². The maximum Gasteiger partial charge on any atom is 0.320 e. The molecule has 0 aliphatic rings. The van der Waals surface area contributed by atoms with Crippen molar-refractivity contribution in [3.8, 4) is 0 Å². The molecule has 0 bridgehead atoms. The Morgan fingerprint density at radius 3 is 1.16 bits per heavy atom. The number of rotatable bonds is 6. The summed E-state index contributed by atoms with van der Waals surface area (Å²) in [4.78, 5) is 20.3. The molecular weight excluding hydrogens is 252 g/mol. The summed E-state index contributed by atoms with van der Waals surface area (Å²) in [5, 5.41) is 16.7. The summed E-state index contributed by atoms with van der Waals surface area (Å²) in [5.74, 6) is -1.68. The van der Waals surface area contributed by atoms with Gasteiger partial charge in [0.1, 0.15) is 12.1 Å². The molecule has 4 unspecified atom stereocenters. The average Bonchev–Trinajstić information content (AvgIpc) is 2.35. The predicted octanol–water partition coefficient (Wildman–Crippen LogP) is 0.0641. The first kappa shape index (κ1) is 23.0. The van der Waals surface area contributed by atoms with Crippen molar-refractivity contribution >= 4 is 11.9 Å². The number of carboxylic acid groups (broad SMARTS) is 2. The van der Waals surface area contributed by atoms with E-state index in [-0.39, 0.29) is 17.3 Å². The van der Waals surface area contributed by atoms with Crippen LogP contribution in [0.1, 0.15) is 40.5 Å². The number of aliphatic carboxylic acids is 2. The molecule has 0 spiro atoms. The van der Waals surface area contributed by atoms with Gasteiger partial charge in [-0.3, -0.25) is 9.59 Å². The predicted molar refractivity (Wildman–Crippen MR) is 73.7 cm³/mol. The lowest BCUT2D eigenvalue weighted by molar-refractivity contribution is -0.140. The second-order valence-electron chi connectivity index (χ2n) is 4.50. The third-order valence-corrected chi connectivity index (χ3v) is 3.08. The van der Waals surface area contributed by atoms with Gasteiger partial charge < -0.3 is 27.2 Å². The summed E-state index contributed by atoms with van der Waals surface area (Å²) in [6.07, 6.45) is 1.63. The standard InChI is InChI=1S/2C6H13NO2.H2O/c2*1-3-4(2)5(7)6(8)9;/h2*4-5H,3,7H2,1-2H3,(H,8,9);1H2. The van der Waals surface area contributed by atoms with Gasteiger partial charge in [0.2, 0.25) is 0 Å². The van der Waals surface area contributed by atoms with Crippen molar-refractivity contribution < 1.29 is 25.3 Å². The monoisotopic (exact) mass is 280 g/mol. The zero-order valence-electron chi connectivity index (χ0n) is 12.1. The van der Waals surface area contributed by atoms with E-state index in [1.807, 2.05) is 27.7 Å². The molecule has 0 aromatic carbocycles. The van der Waals surface area contributed by atoms with Crippen LogP contribution in [-0.2, 0) is 9.59 Å². The average molecular weight is 280 g/mol. The highest BCUT2D eigenvalue weighted by molar-refractivity contribution is 5.73. The summed E-state index contributed by atoms with van der Waals surface area (Å²) in [5.41, 5.74) is 10.5. The van der Waals surface area contributed by atoms with Crippen LogP contribution in [0.2, 0.25) is 0 Å². The Hall–Kier alpha value is -1.18. The van der Waals surface area contributed by atoms with E-state index >= 15 is 0 Å². The van der Waals surface area contributed by atoms with E-state index in [1.165, 1.54) is 0 Å². The van der Waals surface area contributed by atoms with Gasteiger partial charge in [0.25, 0.3) is 0 Å². The Labute approximate surface area is 114 Å². The van der Waals surface area contributed by atoms with Gasteiger partial charge in [0.15, 0.2) is 0 Å². The second kappa shape index (κ2) is 11.9. The first-order chi connectivity index (χ1) is 8.18. The molecule has 0 amide bonds. The molecule has 0 aliphatic heterocycles. The maximum atomic E-state index is 10.2. The highest BCUT2D eigenvalue weighted by Gasteiger charge is 2.17. The fraction of sp³-hybridized carbons (Fsp3) is 0.833. The number of carbonyl (C=O) groups is 2. The number of carboxylic acids is 2. The minimum absolute atomic E-state index is 0. The van der Waals surface area contributed by atoms with E-state index in [9.17, 15) is 9.59 Å². The Kier molecular flexibility index (Phi) is 14.4. The Morgan fingerprint density at radius 2 is 1.11 bits per heavy atom. The first-order valence-corrected chi connectivity index (χ1v) is 6.15. The van der Waals surface area contributed by atoms with Crippen LogP contribution in [-0.4, -0.2) is 39.7 Å². The molecule has 0 aromatic heterocycles. The lowest BCUT2D eigenvalue weighted by atomic mass is 10.0. The van der Waals surface area contributed by atoms with Gasteiger partial charge in [0.05, 0.1) is 0 Å². The van der Waals surface area contributed by atoms with Crippen molar-refractivity contribution in [3.05, 3.63) is 0 Å². The second-order valence-corrected chi connectivity index (χ2v) is 4.50. The molecule has 0 heterocycles. The quantitative estimate of drug-likeness (QED) is 0.538. The minimum atomic E-state index is -0.913. The van der Waals surface area contributed by atoms with Crippen LogP contribution in [0.15, 0.2) is 0 Å². The zero-order chi connectivity index (χ0) is 14.9. The van der Waals surface area contributed by atoms with Gasteiger partial charge in [-0.25, -0.2) is 0 Å². The van der Waals surface area contributed by atoms with E-state index in [0.29, 0.717) is 0 Å². The molecule has 0 fully saturated rings. The number of hydrogen-bond donors (Lipinski definition) is 4. The molecule has 0 aromatic rings. The maximum absolute atomic E-state index is 10.2. The van der Waals surface area contributed by atoms with Crippen LogP contribution in [0, 0.1) is 11.8 Å². The molecule has 7 nitrogen and oxygen atoms in total. The first-order valence-electron chi connectivity index (χ1n) is 6.15. The van der Waals surface area contributed by atoms with Crippen LogP contribution in [0.25, 0.3) is 0 Å².